The topological polar surface area (TPSA) is 26.0 Å². The first kappa shape index (κ1) is 9.56. The fraction of sp³-hybridized carbons (Fsp3) is 0.400. The molecule has 13 heavy (non-hydrogen) atoms. The molecule has 1 aliphatic carbocycles. The highest BCUT2D eigenvalue weighted by Gasteiger charge is 2.42. The Hall–Kier alpha value is 0.01000. The lowest BCUT2D eigenvalue weighted by Gasteiger charge is -2.11. The molecule has 0 radical (unpaired) electrons. The predicted octanol–water partition coefficient (Wildman–Crippen LogP) is 3.03. The molecule has 0 unspecified atom stereocenters. The third kappa shape index (κ3) is 2.27. The maximum atomic E-state index is 5.72. The van der Waals surface area contributed by atoms with Crippen LogP contribution in [0.25, 0.3) is 0 Å². The van der Waals surface area contributed by atoms with Gasteiger partial charge in [0.2, 0.25) is 0 Å². The number of nitrogens with two attached hydrogens (primary N) is 1. The third-order valence-electron chi connectivity index (χ3n) is 2.31. The molecule has 1 nitrogen and oxygen atoms in total. The van der Waals surface area contributed by atoms with Gasteiger partial charge in [-0.15, -0.1) is 11.8 Å². The Labute approximate surface area is 91.2 Å². The van der Waals surface area contributed by atoms with Crippen LogP contribution in [-0.4, -0.2) is 11.3 Å². The van der Waals surface area contributed by atoms with Crippen LogP contribution in [0, 0.1) is 0 Å². The van der Waals surface area contributed by atoms with Gasteiger partial charge in [0, 0.05) is 20.7 Å². The van der Waals surface area contributed by atoms with Crippen LogP contribution in [0.5, 0.6) is 0 Å². The van der Waals surface area contributed by atoms with Gasteiger partial charge in [-0.1, -0.05) is 22.0 Å². The molecule has 2 N–H and O–H groups in total. The fourth-order valence-corrected chi connectivity index (χ4v) is 3.04. The SMILES string of the molecule is NCC1(Sc2cccc(Br)c2)CC1. The smallest absolute Gasteiger partial charge is 0.0330 e. The highest BCUT2D eigenvalue weighted by molar-refractivity contribution is 9.10. The van der Waals surface area contributed by atoms with Gasteiger partial charge in [0.1, 0.15) is 0 Å². The monoisotopic (exact) mass is 257 g/mol. The van der Waals surface area contributed by atoms with E-state index in [0.29, 0.717) is 4.75 Å². The van der Waals surface area contributed by atoms with E-state index in [1.165, 1.54) is 17.7 Å². The van der Waals surface area contributed by atoms with Crippen LogP contribution < -0.4 is 5.73 Å². The summed E-state index contributed by atoms with van der Waals surface area (Å²) in [6, 6.07) is 8.41. The van der Waals surface area contributed by atoms with E-state index in [0.717, 1.165) is 11.0 Å². The number of rotatable bonds is 3. The molecule has 1 aromatic rings. The number of benzene rings is 1. The summed E-state index contributed by atoms with van der Waals surface area (Å²) < 4.78 is 1.51. The zero-order valence-electron chi connectivity index (χ0n) is 7.29. The second kappa shape index (κ2) is 3.64. The summed E-state index contributed by atoms with van der Waals surface area (Å²) in [5, 5.41) is 0. The van der Waals surface area contributed by atoms with E-state index in [4.69, 9.17) is 5.73 Å². The first-order valence-corrected chi connectivity index (χ1v) is 6.00. The van der Waals surface area contributed by atoms with Crippen LogP contribution in [-0.2, 0) is 0 Å². The van der Waals surface area contributed by atoms with Crippen LogP contribution in [0.2, 0.25) is 0 Å². The summed E-state index contributed by atoms with van der Waals surface area (Å²) in [6.45, 7) is 0.796. The highest BCUT2D eigenvalue weighted by atomic mass is 79.9. The van der Waals surface area contributed by atoms with Gasteiger partial charge in [0.15, 0.2) is 0 Å². The molecule has 0 amide bonds. The third-order valence-corrected chi connectivity index (χ3v) is 4.30. The molecular formula is C10H12BrNS. The van der Waals surface area contributed by atoms with Crippen molar-refractivity contribution in [1.29, 1.82) is 0 Å². The first-order valence-electron chi connectivity index (χ1n) is 4.39. The minimum atomic E-state index is 0.362. The lowest BCUT2D eigenvalue weighted by atomic mass is 10.4. The average molecular weight is 258 g/mol. The van der Waals surface area contributed by atoms with Crippen molar-refractivity contribution in [3.05, 3.63) is 28.7 Å². The van der Waals surface area contributed by atoms with Gasteiger partial charge >= 0.3 is 0 Å². The normalized spacial score (nSPS) is 18.6. The molecule has 0 saturated heterocycles. The van der Waals surface area contributed by atoms with Crippen LogP contribution in [0.15, 0.2) is 33.6 Å². The maximum Gasteiger partial charge on any atom is 0.0330 e. The molecule has 1 aliphatic rings. The van der Waals surface area contributed by atoms with Crippen LogP contribution in [0.3, 0.4) is 0 Å². The molecule has 0 spiro atoms. The number of hydrogen-bond acceptors (Lipinski definition) is 2. The zero-order valence-corrected chi connectivity index (χ0v) is 9.70. The summed E-state index contributed by atoms with van der Waals surface area (Å²) in [7, 11) is 0. The van der Waals surface area contributed by atoms with E-state index in [2.05, 4.69) is 34.1 Å². The standard InChI is InChI=1S/C10H12BrNS/c11-8-2-1-3-9(6-8)13-10(7-12)4-5-10/h1-3,6H,4-5,7,12H2. The van der Waals surface area contributed by atoms with Crippen molar-refractivity contribution in [2.75, 3.05) is 6.54 Å². The Morgan fingerprint density at radius 1 is 1.46 bits per heavy atom. The number of hydrogen-bond donors (Lipinski definition) is 1. The number of halogens is 1. The van der Waals surface area contributed by atoms with Crippen molar-refractivity contribution in [3.63, 3.8) is 0 Å². The van der Waals surface area contributed by atoms with Crippen LogP contribution in [0.1, 0.15) is 12.8 Å². The van der Waals surface area contributed by atoms with E-state index in [1.807, 2.05) is 17.8 Å². The minimum absolute atomic E-state index is 0.362. The van der Waals surface area contributed by atoms with Gasteiger partial charge in [-0.25, -0.2) is 0 Å². The molecule has 0 bridgehead atoms. The highest BCUT2D eigenvalue weighted by Crippen LogP contribution is 2.50. The second-order valence-electron chi connectivity index (χ2n) is 3.45. The van der Waals surface area contributed by atoms with Crippen molar-refractivity contribution in [2.45, 2.75) is 22.5 Å². The summed E-state index contributed by atoms with van der Waals surface area (Å²) in [5.41, 5.74) is 5.72. The maximum absolute atomic E-state index is 5.72. The van der Waals surface area contributed by atoms with Gasteiger partial charge < -0.3 is 5.73 Å². The average Bonchev–Trinajstić information content (AvgIpc) is 2.86. The number of thioether (sulfide) groups is 1. The lowest BCUT2D eigenvalue weighted by molar-refractivity contribution is 0.899. The van der Waals surface area contributed by atoms with Crippen molar-refractivity contribution in [1.82, 2.24) is 0 Å². The quantitative estimate of drug-likeness (QED) is 0.901. The van der Waals surface area contributed by atoms with E-state index in [1.54, 1.807) is 0 Å². The molecular weight excluding hydrogens is 246 g/mol. The minimum Gasteiger partial charge on any atom is -0.329 e. The summed E-state index contributed by atoms with van der Waals surface area (Å²) >= 11 is 5.38. The van der Waals surface area contributed by atoms with Crippen molar-refractivity contribution < 1.29 is 0 Å². The van der Waals surface area contributed by atoms with Gasteiger partial charge in [-0.05, 0) is 31.0 Å². The molecule has 1 saturated carbocycles. The Bertz CT molecular complexity index is 310. The summed E-state index contributed by atoms with van der Waals surface area (Å²) in [6.07, 6.45) is 2.53. The van der Waals surface area contributed by atoms with Crippen LogP contribution in [0.4, 0.5) is 0 Å². The summed E-state index contributed by atoms with van der Waals surface area (Å²) in [4.78, 5) is 1.32. The Kier molecular flexibility index (Phi) is 2.67. The Balaban J connectivity index is 2.09. The molecule has 2 rings (SSSR count). The van der Waals surface area contributed by atoms with Crippen molar-refractivity contribution in [2.24, 2.45) is 5.73 Å². The van der Waals surface area contributed by atoms with Crippen LogP contribution >= 0.6 is 27.7 Å². The zero-order chi connectivity index (χ0) is 9.31. The molecule has 3 heteroatoms. The fourth-order valence-electron chi connectivity index (χ4n) is 1.27. The molecule has 0 aliphatic heterocycles. The van der Waals surface area contributed by atoms with Gasteiger partial charge in [0.25, 0.3) is 0 Å². The van der Waals surface area contributed by atoms with E-state index >= 15 is 0 Å². The first-order chi connectivity index (χ1) is 6.24. The van der Waals surface area contributed by atoms with E-state index < -0.39 is 0 Å². The second-order valence-corrected chi connectivity index (χ2v) is 5.90. The molecule has 70 valence electrons. The van der Waals surface area contributed by atoms with Gasteiger partial charge in [-0.3, -0.25) is 0 Å². The van der Waals surface area contributed by atoms with Crippen molar-refractivity contribution >= 4 is 27.7 Å². The molecule has 0 atom stereocenters. The van der Waals surface area contributed by atoms with Crippen molar-refractivity contribution in [3.8, 4) is 0 Å². The van der Waals surface area contributed by atoms with E-state index in [-0.39, 0.29) is 0 Å². The van der Waals surface area contributed by atoms with Gasteiger partial charge in [0.05, 0.1) is 0 Å². The molecule has 1 aromatic carbocycles. The largest absolute Gasteiger partial charge is 0.329 e. The van der Waals surface area contributed by atoms with E-state index in [9.17, 15) is 0 Å². The lowest BCUT2D eigenvalue weighted by Crippen LogP contribution is -2.17. The Morgan fingerprint density at radius 3 is 2.77 bits per heavy atom. The van der Waals surface area contributed by atoms with Gasteiger partial charge in [-0.2, -0.15) is 0 Å². The molecule has 0 aromatic heterocycles. The summed E-state index contributed by atoms with van der Waals surface area (Å²) in [5.74, 6) is 0. The predicted molar refractivity (Wildman–Crippen MR) is 61.0 cm³/mol. The molecule has 0 heterocycles. The molecule has 1 fully saturated rings. The Morgan fingerprint density at radius 2 is 2.23 bits per heavy atom.